The van der Waals surface area contributed by atoms with Gasteiger partial charge in [0.05, 0.1) is 12.1 Å². The Bertz CT molecular complexity index is 862. The molecule has 23 heavy (non-hydrogen) atoms. The maximum atomic E-state index is 12.1. The molecule has 0 atom stereocenters. The lowest BCUT2D eigenvalue weighted by atomic mass is 10.2. The first-order valence-corrected chi connectivity index (χ1v) is 7.82. The largest absolute Gasteiger partial charge is 0.360 e. The van der Waals surface area contributed by atoms with Crippen LogP contribution in [0.5, 0.6) is 0 Å². The van der Waals surface area contributed by atoms with E-state index in [-0.39, 0.29) is 12.5 Å². The van der Waals surface area contributed by atoms with Crippen molar-refractivity contribution in [1.29, 1.82) is 0 Å². The molecule has 0 radical (unpaired) electrons. The molecular formula is C16H15BrN4O2. The van der Waals surface area contributed by atoms with E-state index >= 15 is 0 Å². The van der Waals surface area contributed by atoms with Crippen LogP contribution in [0.2, 0.25) is 0 Å². The van der Waals surface area contributed by atoms with E-state index in [2.05, 4.69) is 31.4 Å². The average Bonchev–Trinajstić information content (AvgIpc) is 2.92. The highest BCUT2D eigenvalue weighted by molar-refractivity contribution is 9.10. The van der Waals surface area contributed by atoms with E-state index in [1.54, 1.807) is 17.9 Å². The molecular weight excluding hydrogens is 360 g/mol. The minimum atomic E-state index is -0.185. The lowest BCUT2D eigenvalue weighted by Crippen LogP contribution is -2.30. The first-order valence-electron chi connectivity index (χ1n) is 7.02. The number of anilines is 2. The van der Waals surface area contributed by atoms with Gasteiger partial charge in [-0.1, -0.05) is 17.3 Å². The Kier molecular flexibility index (Phi) is 4.29. The van der Waals surface area contributed by atoms with Gasteiger partial charge in [-0.15, -0.1) is 0 Å². The zero-order chi connectivity index (χ0) is 16.4. The Morgan fingerprint density at radius 3 is 2.91 bits per heavy atom. The molecule has 1 aromatic carbocycles. The van der Waals surface area contributed by atoms with Crippen LogP contribution < -0.4 is 10.2 Å². The highest BCUT2D eigenvalue weighted by atomic mass is 79.9. The molecule has 0 fully saturated rings. The Morgan fingerprint density at radius 1 is 1.35 bits per heavy atom. The third-order valence-corrected chi connectivity index (χ3v) is 3.96. The van der Waals surface area contributed by atoms with E-state index in [1.165, 1.54) is 0 Å². The summed E-state index contributed by atoms with van der Waals surface area (Å²) in [4.78, 5) is 18.4. The number of para-hydroxylation sites is 1. The van der Waals surface area contributed by atoms with Gasteiger partial charge >= 0.3 is 0 Å². The topological polar surface area (TPSA) is 71.3 Å². The summed E-state index contributed by atoms with van der Waals surface area (Å²) in [6, 6.07) is 11.4. The van der Waals surface area contributed by atoms with Gasteiger partial charge in [0.25, 0.3) is 0 Å². The van der Waals surface area contributed by atoms with E-state index in [1.807, 2.05) is 37.4 Å². The smallest absolute Gasteiger partial charge is 0.245 e. The number of carbonyl (C=O) groups is 1. The van der Waals surface area contributed by atoms with Gasteiger partial charge in [-0.2, -0.15) is 0 Å². The number of fused-ring (bicyclic) bond motifs is 1. The number of amides is 1. The van der Waals surface area contributed by atoms with Crippen LogP contribution in [0.3, 0.4) is 0 Å². The van der Waals surface area contributed by atoms with Crippen LogP contribution >= 0.6 is 15.9 Å². The van der Waals surface area contributed by atoms with Crippen LogP contribution in [-0.4, -0.2) is 29.6 Å². The van der Waals surface area contributed by atoms with E-state index < -0.39 is 0 Å². The number of aryl methyl sites for hydroxylation is 1. The van der Waals surface area contributed by atoms with Crippen molar-refractivity contribution in [2.45, 2.75) is 6.92 Å². The monoisotopic (exact) mass is 374 g/mol. The Morgan fingerprint density at radius 2 is 2.17 bits per heavy atom. The van der Waals surface area contributed by atoms with Crippen LogP contribution in [0.15, 0.2) is 45.4 Å². The molecule has 0 aliphatic heterocycles. The Labute approximate surface area is 141 Å². The minimum Gasteiger partial charge on any atom is -0.360 e. The van der Waals surface area contributed by atoms with Gasteiger partial charge in [0, 0.05) is 23.0 Å². The van der Waals surface area contributed by atoms with Crippen molar-refractivity contribution in [3.05, 3.63) is 46.6 Å². The molecule has 1 N–H and O–H groups in total. The van der Waals surface area contributed by atoms with Crippen molar-refractivity contribution in [3.63, 3.8) is 0 Å². The molecule has 0 aliphatic rings. The quantitative estimate of drug-likeness (QED) is 0.757. The highest BCUT2D eigenvalue weighted by Crippen LogP contribution is 2.24. The van der Waals surface area contributed by atoms with Crippen molar-refractivity contribution in [2.75, 3.05) is 23.8 Å². The fraction of sp³-hybridized carbons (Fsp3) is 0.188. The fourth-order valence-electron chi connectivity index (χ4n) is 2.22. The number of aromatic nitrogens is 2. The Balaban J connectivity index is 1.73. The SMILES string of the molecule is Cc1cc(NC(=O)CN(C)c2ccc3cccc(Br)c3n2)no1. The number of likely N-dealkylation sites (N-methyl/N-ethyl adjacent to an activating group) is 1. The van der Waals surface area contributed by atoms with Crippen LogP contribution in [-0.2, 0) is 4.79 Å². The molecule has 0 saturated heterocycles. The van der Waals surface area contributed by atoms with Crippen LogP contribution in [0.1, 0.15) is 5.76 Å². The summed E-state index contributed by atoms with van der Waals surface area (Å²) < 4.78 is 5.84. The number of halogens is 1. The molecule has 0 saturated carbocycles. The van der Waals surface area contributed by atoms with Gasteiger partial charge in [0.2, 0.25) is 5.91 Å². The number of hydrogen-bond acceptors (Lipinski definition) is 5. The van der Waals surface area contributed by atoms with Crippen molar-refractivity contribution in [3.8, 4) is 0 Å². The van der Waals surface area contributed by atoms with E-state index in [0.29, 0.717) is 11.6 Å². The number of carbonyl (C=O) groups excluding carboxylic acids is 1. The predicted molar refractivity (Wildman–Crippen MR) is 92.6 cm³/mol. The standard InChI is InChI=1S/C16H15BrN4O2/c1-10-8-13(20-23-10)18-15(22)9-21(2)14-7-6-11-4-3-5-12(17)16(11)19-14/h3-8H,9H2,1-2H3,(H,18,20,22). The van der Waals surface area contributed by atoms with E-state index in [4.69, 9.17) is 4.52 Å². The maximum absolute atomic E-state index is 12.1. The number of rotatable bonds is 4. The number of nitrogens with one attached hydrogen (secondary N) is 1. The predicted octanol–water partition coefficient (Wildman–Crippen LogP) is 3.37. The fourth-order valence-corrected chi connectivity index (χ4v) is 2.69. The highest BCUT2D eigenvalue weighted by Gasteiger charge is 2.12. The summed E-state index contributed by atoms with van der Waals surface area (Å²) in [5.74, 6) is 1.59. The first-order chi connectivity index (χ1) is 11.0. The summed E-state index contributed by atoms with van der Waals surface area (Å²) in [5.41, 5.74) is 0.865. The van der Waals surface area contributed by atoms with Crippen LogP contribution in [0.4, 0.5) is 11.6 Å². The summed E-state index contributed by atoms with van der Waals surface area (Å²) >= 11 is 3.50. The van der Waals surface area contributed by atoms with Gasteiger partial charge in [-0.25, -0.2) is 4.98 Å². The average molecular weight is 375 g/mol. The molecule has 0 bridgehead atoms. The zero-order valence-corrected chi connectivity index (χ0v) is 14.3. The normalized spacial score (nSPS) is 10.7. The van der Waals surface area contributed by atoms with Gasteiger partial charge < -0.3 is 14.7 Å². The number of hydrogen-bond donors (Lipinski definition) is 1. The van der Waals surface area contributed by atoms with Gasteiger partial charge in [0.15, 0.2) is 5.82 Å². The van der Waals surface area contributed by atoms with Crippen molar-refractivity contribution in [2.24, 2.45) is 0 Å². The van der Waals surface area contributed by atoms with Gasteiger partial charge in [-0.05, 0) is 41.1 Å². The lowest BCUT2D eigenvalue weighted by Gasteiger charge is -2.17. The summed E-state index contributed by atoms with van der Waals surface area (Å²) in [6.45, 7) is 1.93. The number of pyridine rings is 1. The lowest BCUT2D eigenvalue weighted by molar-refractivity contribution is -0.115. The minimum absolute atomic E-state index is 0.162. The second-order valence-corrected chi connectivity index (χ2v) is 6.06. The molecule has 0 spiro atoms. The maximum Gasteiger partial charge on any atom is 0.245 e. The van der Waals surface area contributed by atoms with Crippen molar-refractivity contribution < 1.29 is 9.32 Å². The van der Waals surface area contributed by atoms with Crippen LogP contribution in [0.25, 0.3) is 10.9 Å². The second-order valence-electron chi connectivity index (χ2n) is 5.21. The third kappa shape index (κ3) is 3.50. The molecule has 0 unspecified atom stereocenters. The molecule has 3 rings (SSSR count). The molecule has 0 aliphatic carbocycles. The summed E-state index contributed by atoms with van der Waals surface area (Å²) in [6.07, 6.45) is 0. The van der Waals surface area contributed by atoms with Crippen molar-refractivity contribution >= 4 is 44.4 Å². The summed E-state index contributed by atoms with van der Waals surface area (Å²) in [5, 5.41) is 7.47. The van der Waals surface area contributed by atoms with Crippen molar-refractivity contribution in [1.82, 2.24) is 10.1 Å². The van der Waals surface area contributed by atoms with Gasteiger partial charge in [0.1, 0.15) is 11.6 Å². The third-order valence-electron chi connectivity index (χ3n) is 3.32. The molecule has 2 heterocycles. The molecule has 2 aromatic heterocycles. The second kappa shape index (κ2) is 6.37. The molecule has 7 heteroatoms. The molecule has 118 valence electrons. The number of benzene rings is 1. The van der Waals surface area contributed by atoms with E-state index in [0.717, 1.165) is 21.2 Å². The molecule has 6 nitrogen and oxygen atoms in total. The zero-order valence-electron chi connectivity index (χ0n) is 12.7. The molecule has 1 amide bonds. The van der Waals surface area contributed by atoms with Gasteiger partial charge in [-0.3, -0.25) is 4.79 Å². The van der Waals surface area contributed by atoms with E-state index in [9.17, 15) is 4.79 Å². The molecule has 3 aromatic rings. The Hall–Kier alpha value is -2.41. The van der Waals surface area contributed by atoms with Crippen LogP contribution in [0, 0.1) is 6.92 Å². The first kappa shape index (κ1) is 15.5. The number of nitrogens with zero attached hydrogens (tertiary/aromatic N) is 3. The summed E-state index contributed by atoms with van der Waals surface area (Å²) in [7, 11) is 1.82.